The van der Waals surface area contributed by atoms with Gasteiger partial charge >= 0.3 is 0 Å². The fraction of sp³-hybridized carbons (Fsp3) is 0.235. The molecule has 0 unspecified atom stereocenters. The zero-order valence-electron chi connectivity index (χ0n) is 12.5. The van der Waals surface area contributed by atoms with Gasteiger partial charge in [-0.05, 0) is 42.8 Å². The first-order valence-electron chi connectivity index (χ1n) is 7.88. The first-order chi connectivity index (χ1) is 11.4. The maximum Gasteiger partial charge on any atom is 0.138 e. The van der Waals surface area contributed by atoms with Gasteiger partial charge in [-0.3, -0.25) is 0 Å². The summed E-state index contributed by atoms with van der Waals surface area (Å²) < 4.78 is 1.66. The predicted octanol–water partition coefficient (Wildman–Crippen LogP) is 2.35. The van der Waals surface area contributed by atoms with Crippen molar-refractivity contribution < 1.29 is 0 Å². The number of hydrogen-bond acceptors (Lipinski definition) is 4. The highest BCUT2D eigenvalue weighted by atomic mass is 15.4. The Labute approximate surface area is 132 Å². The SMILES string of the molecule is c1cnn2ncc(-c3ccnc4[nH]c([C@@H]5CCNC5)cc34)c2c1. The molecule has 6 nitrogen and oxygen atoms in total. The molecule has 114 valence electrons. The van der Waals surface area contributed by atoms with Gasteiger partial charge in [0.05, 0.1) is 11.7 Å². The van der Waals surface area contributed by atoms with Gasteiger partial charge in [-0.15, -0.1) is 0 Å². The third kappa shape index (κ3) is 1.95. The number of aromatic amines is 1. The summed E-state index contributed by atoms with van der Waals surface area (Å²) in [7, 11) is 0. The van der Waals surface area contributed by atoms with Crippen LogP contribution < -0.4 is 5.32 Å². The summed E-state index contributed by atoms with van der Waals surface area (Å²) in [6.07, 6.45) is 6.64. The second kappa shape index (κ2) is 4.89. The molecule has 1 saturated heterocycles. The van der Waals surface area contributed by atoms with E-state index in [2.05, 4.69) is 37.6 Å². The number of rotatable bonds is 2. The van der Waals surface area contributed by atoms with Crippen molar-refractivity contribution in [2.75, 3.05) is 13.1 Å². The van der Waals surface area contributed by atoms with E-state index in [1.54, 1.807) is 10.8 Å². The van der Waals surface area contributed by atoms with E-state index in [1.807, 2.05) is 24.5 Å². The van der Waals surface area contributed by atoms with Crippen LogP contribution in [0.4, 0.5) is 0 Å². The van der Waals surface area contributed by atoms with Gasteiger partial charge in [0.25, 0.3) is 0 Å². The average Bonchev–Trinajstić information content (AvgIpc) is 3.32. The van der Waals surface area contributed by atoms with E-state index in [1.165, 1.54) is 12.1 Å². The minimum Gasteiger partial charge on any atom is -0.343 e. The van der Waals surface area contributed by atoms with Crippen LogP contribution in [-0.2, 0) is 0 Å². The Kier molecular flexibility index (Phi) is 2.72. The largest absolute Gasteiger partial charge is 0.343 e. The maximum absolute atomic E-state index is 4.51. The van der Waals surface area contributed by atoms with Crippen molar-refractivity contribution in [2.24, 2.45) is 0 Å². The Bertz CT molecular complexity index is 993. The third-order valence-corrected chi connectivity index (χ3v) is 4.65. The second-order valence-corrected chi connectivity index (χ2v) is 5.99. The van der Waals surface area contributed by atoms with Crippen LogP contribution >= 0.6 is 0 Å². The summed E-state index contributed by atoms with van der Waals surface area (Å²) in [5.74, 6) is 0.544. The van der Waals surface area contributed by atoms with Crippen LogP contribution in [0.2, 0.25) is 0 Å². The van der Waals surface area contributed by atoms with Crippen LogP contribution in [-0.4, -0.2) is 37.9 Å². The van der Waals surface area contributed by atoms with Crippen LogP contribution in [0.1, 0.15) is 18.0 Å². The molecule has 5 rings (SSSR count). The molecule has 0 spiro atoms. The molecular formula is C17H16N6. The zero-order valence-corrected chi connectivity index (χ0v) is 12.5. The van der Waals surface area contributed by atoms with Crippen molar-refractivity contribution in [3.63, 3.8) is 0 Å². The molecule has 0 saturated carbocycles. The third-order valence-electron chi connectivity index (χ3n) is 4.65. The lowest BCUT2D eigenvalue weighted by Gasteiger charge is -2.03. The molecule has 2 N–H and O–H groups in total. The Morgan fingerprint density at radius 1 is 1.13 bits per heavy atom. The molecular weight excluding hydrogens is 288 g/mol. The number of aromatic nitrogens is 5. The predicted molar refractivity (Wildman–Crippen MR) is 88.3 cm³/mol. The first-order valence-corrected chi connectivity index (χ1v) is 7.88. The van der Waals surface area contributed by atoms with Crippen molar-refractivity contribution in [2.45, 2.75) is 12.3 Å². The molecule has 1 atom stereocenters. The van der Waals surface area contributed by atoms with Gasteiger partial charge in [0, 0.05) is 41.5 Å². The minimum absolute atomic E-state index is 0.544. The van der Waals surface area contributed by atoms with Gasteiger partial charge < -0.3 is 10.3 Å². The van der Waals surface area contributed by atoms with Crippen molar-refractivity contribution in [1.29, 1.82) is 0 Å². The van der Waals surface area contributed by atoms with Gasteiger partial charge in [-0.2, -0.15) is 14.8 Å². The van der Waals surface area contributed by atoms with Crippen LogP contribution in [0, 0.1) is 0 Å². The number of fused-ring (bicyclic) bond motifs is 2. The van der Waals surface area contributed by atoms with Crippen LogP contribution in [0.5, 0.6) is 0 Å². The Morgan fingerprint density at radius 2 is 2.13 bits per heavy atom. The molecule has 1 aliphatic rings. The van der Waals surface area contributed by atoms with Crippen LogP contribution in [0.3, 0.4) is 0 Å². The number of H-pyrrole nitrogens is 1. The number of hydrogen-bond donors (Lipinski definition) is 2. The van der Waals surface area contributed by atoms with E-state index in [9.17, 15) is 0 Å². The quantitative estimate of drug-likeness (QED) is 0.596. The molecule has 4 aromatic rings. The first kappa shape index (κ1) is 12.8. The average molecular weight is 304 g/mol. The van der Waals surface area contributed by atoms with E-state index < -0.39 is 0 Å². The number of nitrogens with one attached hydrogen (secondary N) is 2. The molecule has 0 amide bonds. The Hall–Kier alpha value is -2.73. The monoisotopic (exact) mass is 304 g/mol. The highest BCUT2D eigenvalue weighted by Crippen LogP contribution is 2.33. The van der Waals surface area contributed by atoms with Crippen LogP contribution in [0.25, 0.3) is 27.7 Å². The van der Waals surface area contributed by atoms with Crippen molar-refractivity contribution in [3.8, 4) is 11.1 Å². The summed E-state index contributed by atoms with van der Waals surface area (Å²) in [4.78, 5) is 8.00. The van der Waals surface area contributed by atoms with E-state index in [0.29, 0.717) is 5.92 Å². The molecule has 6 heteroatoms. The van der Waals surface area contributed by atoms with Crippen LogP contribution in [0.15, 0.2) is 42.9 Å². The van der Waals surface area contributed by atoms with Gasteiger partial charge in [0.1, 0.15) is 5.65 Å². The van der Waals surface area contributed by atoms with E-state index in [0.717, 1.165) is 40.8 Å². The van der Waals surface area contributed by atoms with E-state index in [-0.39, 0.29) is 0 Å². The van der Waals surface area contributed by atoms with Crippen molar-refractivity contribution in [1.82, 2.24) is 30.1 Å². The lowest BCUT2D eigenvalue weighted by molar-refractivity contribution is 0.743. The highest BCUT2D eigenvalue weighted by Gasteiger charge is 2.20. The summed E-state index contributed by atoms with van der Waals surface area (Å²) in [6, 6.07) is 8.27. The summed E-state index contributed by atoms with van der Waals surface area (Å²) >= 11 is 0. The maximum atomic E-state index is 4.51. The van der Waals surface area contributed by atoms with E-state index >= 15 is 0 Å². The molecule has 0 bridgehead atoms. The molecule has 4 aromatic heterocycles. The second-order valence-electron chi connectivity index (χ2n) is 5.99. The van der Waals surface area contributed by atoms with E-state index in [4.69, 9.17) is 0 Å². The molecule has 0 aliphatic carbocycles. The van der Waals surface area contributed by atoms with Gasteiger partial charge in [-0.1, -0.05) is 0 Å². The topological polar surface area (TPSA) is 70.9 Å². The summed E-state index contributed by atoms with van der Waals surface area (Å²) in [5.41, 5.74) is 5.43. The smallest absolute Gasteiger partial charge is 0.138 e. The number of nitrogens with zero attached hydrogens (tertiary/aromatic N) is 4. The standard InChI is InChI=1S/C17H16N6/c1-2-16-14(10-21-23(16)20-5-1)12-4-7-19-17-13(12)8-15(22-17)11-3-6-18-9-11/h1-2,4-5,7-8,10-11,18H,3,6,9H2,(H,19,22)/t11-/m1/s1. The number of pyridine rings is 1. The lowest BCUT2D eigenvalue weighted by atomic mass is 10.0. The van der Waals surface area contributed by atoms with Gasteiger partial charge in [-0.25, -0.2) is 4.98 Å². The summed E-state index contributed by atoms with van der Waals surface area (Å²) in [6.45, 7) is 2.11. The molecule has 1 aliphatic heterocycles. The Morgan fingerprint density at radius 3 is 3.04 bits per heavy atom. The highest BCUT2D eigenvalue weighted by molar-refractivity contribution is 5.97. The fourth-order valence-corrected chi connectivity index (χ4v) is 3.46. The van der Waals surface area contributed by atoms with Crippen molar-refractivity contribution in [3.05, 3.63) is 48.5 Å². The molecule has 0 radical (unpaired) electrons. The molecule has 0 aromatic carbocycles. The van der Waals surface area contributed by atoms with Gasteiger partial charge in [0.15, 0.2) is 0 Å². The normalized spacial score (nSPS) is 18.2. The lowest BCUT2D eigenvalue weighted by Crippen LogP contribution is -2.07. The minimum atomic E-state index is 0.544. The van der Waals surface area contributed by atoms with Crippen molar-refractivity contribution >= 4 is 16.6 Å². The summed E-state index contributed by atoms with van der Waals surface area (Å²) in [5, 5.41) is 13.2. The molecule has 23 heavy (non-hydrogen) atoms. The fourth-order valence-electron chi connectivity index (χ4n) is 3.46. The molecule has 5 heterocycles. The zero-order chi connectivity index (χ0) is 15.2. The molecule has 1 fully saturated rings. The van der Waals surface area contributed by atoms with Gasteiger partial charge in [0.2, 0.25) is 0 Å². The Balaban J connectivity index is 1.72.